The molecule has 9 nitrogen and oxygen atoms in total. The highest BCUT2D eigenvalue weighted by atomic mass is 32.2. The van der Waals surface area contributed by atoms with Crippen molar-refractivity contribution in [3.63, 3.8) is 0 Å². The zero-order valence-corrected chi connectivity index (χ0v) is 21.6. The van der Waals surface area contributed by atoms with Crippen molar-refractivity contribution in [3.05, 3.63) is 71.5 Å². The number of carbonyl (C=O) groups excluding carboxylic acids is 1. The lowest BCUT2D eigenvalue weighted by Gasteiger charge is -2.16. The summed E-state index contributed by atoms with van der Waals surface area (Å²) >= 11 is 0. The van der Waals surface area contributed by atoms with E-state index in [9.17, 15) is 17.6 Å². The number of methoxy groups -OCH3 is 5. The lowest BCUT2D eigenvalue weighted by Crippen LogP contribution is -2.31. The molecule has 0 heterocycles. The molecule has 0 unspecified atom stereocenters. The molecule has 11 heteroatoms. The maximum absolute atomic E-state index is 13.4. The molecule has 37 heavy (non-hydrogen) atoms. The van der Waals surface area contributed by atoms with Crippen LogP contribution in [0.4, 0.5) is 4.39 Å². The number of amides is 1. The smallest absolute Gasteiger partial charge is 0.265 e. The molecule has 0 bridgehead atoms. The Kier molecular flexibility index (Phi) is 8.61. The van der Waals surface area contributed by atoms with E-state index < -0.39 is 21.7 Å². The molecule has 0 saturated heterocycles. The quantitative estimate of drug-likeness (QED) is 0.310. The van der Waals surface area contributed by atoms with E-state index in [1.54, 1.807) is 18.2 Å². The van der Waals surface area contributed by atoms with Crippen LogP contribution in [-0.4, -0.2) is 49.9 Å². The highest BCUT2D eigenvalue weighted by Gasteiger charge is 2.24. The molecule has 0 saturated carbocycles. The Morgan fingerprint density at radius 3 is 1.84 bits per heavy atom. The van der Waals surface area contributed by atoms with E-state index in [4.69, 9.17) is 23.7 Å². The second-order valence-corrected chi connectivity index (χ2v) is 9.16. The van der Waals surface area contributed by atoms with Crippen LogP contribution in [0, 0.1) is 5.82 Å². The molecule has 3 aromatic rings. The van der Waals surface area contributed by atoms with Crippen molar-refractivity contribution < 1.29 is 41.3 Å². The van der Waals surface area contributed by atoms with Gasteiger partial charge >= 0.3 is 0 Å². The number of sulfonamides is 1. The molecule has 0 fully saturated rings. The van der Waals surface area contributed by atoms with E-state index in [1.807, 2.05) is 4.72 Å². The van der Waals surface area contributed by atoms with Crippen LogP contribution in [0.15, 0.2) is 59.5 Å². The minimum atomic E-state index is -4.33. The fourth-order valence-electron chi connectivity index (χ4n) is 3.48. The van der Waals surface area contributed by atoms with Gasteiger partial charge in [-0.25, -0.2) is 17.5 Å². The molecular weight excluding hydrogens is 505 g/mol. The topological polar surface area (TPSA) is 109 Å². The third kappa shape index (κ3) is 6.12. The van der Waals surface area contributed by atoms with E-state index in [2.05, 4.69) is 0 Å². The highest BCUT2D eigenvalue weighted by molar-refractivity contribution is 7.90. The molecule has 3 aromatic carbocycles. The Hall–Kier alpha value is -4.25. The van der Waals surface area contributed by atoms with E-state index >= 15 is 0 Å². The number of halogens is 1. The van der Waals surface area contributed by atoms with Crippen molar-refractivity contribution in [2.75, 3.05) is 35.5 Å². The third-order valence-electron chi connectivity index (χ3n) is 5.29. The molecular formula is C26H26FNO8S. The van der Waals surface area contributed by atoms with Crippen LogP contribution >= 0.6 is 0 Å². The third-order valence-corrected chi connectivity index (χ3v) is 6.64. The summed E-state index contributed by atoms with van der Waals surface area (Å²) in [5.41, 5.74) is 0.740. The van der Waals surface area contributed by atoms with Gasteiger partial charge < -0.3 is 23.7 Å². The maximum Gasteiger partial charge on any atom is 0.265 e. The summed E-state index contributed by atoms with van der Waals surface area (Å²) in [5.74, 6) is 0.106. The zero-order valence-electron chi connectivity index (χ0n) is 20.8. The second kappa shape index (κ2) is 11.7. The molecule has 0 aliphatic rings. The van der Waals surface area contributed by atoms with E-state index in [1.165, 1.54) is 53.8 Å². The number of rotatable bonds is 10. The van der Waals surface area contributed by atoms with Crippen LogP contribution in [0.5, 0.6) is 28.7 Å². The summed E-state index contributed by atoms with van der Waals surface area (Å²) in [5, 5.41) is 0. The SMILES string of the molecule is COc1ccc(/C=C(/C(=O)NS(=O)(=O)c2ccc(F)cc2)c2cc(OC)c(OC)c(OC)c2)cc1OC. The first-order valence-corrected chi connectivity index (χ1v) is 12.2. The number of carbonyl (C=O) groups is 1. The molecule has 0 aromatic heterocycles. The molecule has 0 radical (unpaired) electrons. The van der Waals surface area contributed by atoms with Gasteiger partial charge in [-0.15, -0.1) is 0 Å². The van der Waals surface area contributed by atoms with Gasteiger partial charge in [0.05, 0.1) is 40.4 Å². The summed E-state index contributed by atoms with van der Waals surface area (Å²) in [6.07, 6.45) is 1.47. The molecule has 1 amide bonds. The monoisotopic (exact) mass is 531 g/mol. The van der Waals surface area contributed by atoms with Crippen LogP contribution in [0.3, 0.4) is 0 Å². The van der Waals surface area contributed by atoms with Gasteiger partial charge in [0.2, 0.25) is 5.75 Å². The average molecular weight is 532 g/mol. The van der Waals surface area contributed by atoms with Gasteiger partial charge in [0, 0.05) is 5.57 Å². The molecule has 3 rings (SSSR count). The summed E-state index contributed by atoms with van der Waals surface area (Å²) in [6.45, 7) is 0. The molecule has 1 N–H and O–H groups in total. The number of benzene rings is 3. The molecule has 0 atom stereocenters. The van der Waals surface area contributed by atoms with Crippen LogP contribution in [-0.2, 0) is 14.8 Å². The number of hydrogen-bond acceptors (Lipinski definition) is 8. The maximum atomic E-state index is 13.4. The van der Waals surface area contributed by atoms with Gasteiger partial charge in [0.15, 0.2) is 23.0 Å². The summed E-state index contributed by atoms with van der Waals surface area (Å²) in [4.78, 5) is 13.2. The van der Waals surface area contributed by atoms with Gasteiger partial charge in [-0.2, -0.15) is 0 Å². The lowest BCUT2D eigenvalue weighted by molar-refractivity contribution is -0.113. The van der Waals surface area contributed by atoms with Crippen molar-refractivity contribution in [2.24, 2.45) is 0 Å². The normalized spacial score (nSPS) is 11.5. The Morgan fingerprint density at radius 2 is 1.32 bits per heavy atom. The summed E-state index contributed by atoms with van der Waals surface area (Å²) < 4.78 is 67.8. The van der Waals surface area contributed by atoms with Crippen LogP contribution in [0.1, 0.15) is 11.1 Å². The minimum Gasteiger partial charge on any atom is -0.493 e. The zero-order chi connectivity index (χ0) is 27.2. The first-order valence-electron chi connectivity index (χ1n) is 10.7. The Morgan fingerprint density at radius 1 is 0.757 bits per heavy atom. The Balaban J connectivity index is 2.17. The van der Waals surface area contributed by atoms with Gasteiger partial charge in [-0.05, 0) is 65.7 Å². The van der Waals surface area contributed by atoms with Crippen molar-refractivity contribution in [3.8, 4) is 28.7 Å². The standard InChI is InChI=1S/C26H26FNO8S/c1-32-21-11-6-16(13-22(21)33-2)12-20(17-14-23(34-3)25(36-5)24(15-17)35-4)26(29)28-37(30,31)19-9-7-18(27)8-10-19/h6-15H,1-5H3,(H,28,29)/b20-12+. The molecule has 0 aliphatic heterocycles. The van der Waals surface area contributed by atoms with Gasteiger partial charge in [0.25, 0.3) is 15.9 Å². The Labute approximate surface area is 214 Å². The number of ether oxygens (including phenoxy) is 5. The van der Waals surface area contributed by atoms with Crippen molar-refractivity contribution >= 4 is 27.6 Å². The van der Waals surface area contributed by atoms with Crippen LogP contribution < -0.4 is 28.4 Å². The van der Waals surface area contributed by atoms with Gasteiger partial charge in [0.1, 0.15) is 5.82 Å². The first kappa shape index (κ1) is 27.3. The van der Waals surface area contributed by atoms with Gasteiger partial charge in [-0.3, -0.25) is 4.79 Å². The summed E-state index contributed by atoms with van der Waals surface area (Å²) in [7, 11) is 2.89. The highest BCUT2D eigenvalue weighted by Crippen LogP contribution is 2.40. The molecule has 0 aliphatic carbocycles. The van der Waals surface area contributed by atoms with Crippen molar-refractivity contribution in [1.82, 2.24) is 4.72 Å². The van der Waals surface area contributed by atoms with Gasteiger partial charge in [-0.1, -0.05) is 6.07 Å². The fourth-order valence-corrected chi connectivity index (χ4v) is 4.44. The van der Waals surface area contributed by atoms with E-state index in [0.29, 0.717) is 22.8 Å². The lowest BCUT2D eigenvalue weighted by atomic mass is 10.0. The fraction of sp³-hybridized carbons (Fsp3) is 0.192. The van der Waals surface area contributed by atoms with Crippen LogP contribution in [0.25, 0.3) is 11.6 Å². The van der Waals surface area contributed by atoms with Crippen molar-refractivity contribution in [2.45, 2.75) is 4.90 Å². The predicted octanol–water partition coefficient (Wildman–Crippen LogP) is 3.91. The number of hydrogen-bond donors (Lipinski definition) is 1. The first-order chi connectivity index (χ1) is 17.7. The molecule has 0 spiro atoms. The van der Waals surface area contributed by atoms with Crippen LogP contribution in [0.2, 0.25) is 0 Å². The number of nitrogens with one attached hydrogen (secondary N) is 1. The predicted molar refractivity (Wildman–Crippen MR) is 135 cm³/mol. The van der Waals surface area contributed by atoms with E-state index in [-0.39, 0.29) is 27.5 Å². The Bertz CT molecular complexity index is 1390. The molecule has 196 valence electrons. The largest absolute Gasteiger partial charge is 0.493 e. The van der Waals surface area contributed by atoms with Crippen molar-refractivity contribution in [1.29, 1.82) is 0 Å². The second-order valence-electron chi connectivity index (χ2n) is 7.47. The summed E-state index contributed by atoms with van der Waals surface area (Å²) in [6, 6.07) is 12.0. The van der Waals surface area contributed by atoms with E-state index in [0.717, 1.165) is 24.3 Å². The minimum absolute atomic E-state index is 0.0443. The average Bonchev–Trinajstić information content (AvgIpc) is 2.90.